The summed E-state index contributed by atoms with van der Waals surface area (Å²) in [6, 6.07) is 13.4. The Balaban J connectivity index is 1.85. The van der Waals surface area contributed by atoms with Crippen LogP contribution in [0.2, 0.25) is 0 Å². The van der Waals surface area contributed by atoms with Crippen LogP contribution < -0.4 is 20.6 Å². The minimum Gasteiger partial charge on any atom is -0.490 e. The van der Waals surface area contributed by atoms with Crippen LogP contribution in [0.5, 0.6) is 5.75 Å². The maximum absolute atomic E-state index is 12.9. The molecule has 0 saturated carbocycles. The maximum Gasteiger partial charge on any atom is 0.276 e. The normalized spacial score (nSPS) is 17.7. The first-order valence-electron chi connectivity index (χ1n) is 8.55. The number of carbonyl (C=O) groups excluding carboxylic acids is 1. The number of hydrogen-bond acceptors (Lipinski definition) is 6. The van der Waals surface area contributed by atoms with Gasteiger partial charge < -0.3 is 4.74 Å². The molecule has 0 saturated heterocycles. The number of benzene rings is 2. The van der Waals surface area contributed by atoms with Crippen LogP contribution in [0.1, 0.15) is 11.7 Å². The first-order chi connectivity index (χ1) is 13.6. The molecule has 28 heavy (non-hydrogen) atoms. The summed E-state index contributed by atoms with van der Waals surface area (Å²) < 4.78 is 6.44. The number of carbonyl (C=O) groups is 1. The Kier molecular flexibility index (Phi) is 5.23. The third-order valence-electron chi connectivity index (χ3n) is 4.31. The van der Waals surface area contributed by atoms with Crippen molar-refractivity contribution >= 4 is 44.5 Å². The number of rotatable bonds is 4. The van der Waals surface area contributed by atoms with Crippen molar-refractivity contribution in [2.24, 2.45) is 10.1 Å². The number of nitrogens with one attached hydrogen (secondary N) is 1. The van der Waals surface area contributed by atoms with Gasteiger partial charge in [0.05, 0.1) is 5.36 Å². The van der Waals surface area contributed by atoms with Crippen LogP contribution in [0.15, 0.2) is 69.7 Å². The monoisotopic (exact) mass is 456 g/mol. The Morgan fingerprint density at radius 1 is 1.32 bits per heavy atom. The van der Waals surface area contributed by atoms with Crippen LogP contribution in [0, 0.1) is 0 Å². The van der Waals surface area contributed by atoms with E-state index in [0.717, 1.165) is 26.4 Å². The average Bonchev–Trinajstić information content (AvgIpc) is 2.71. The third-order valence-corrected chi connectivity index (χ3v) is 5.37. The molecule has 2 heterocycles. The van der Waals surface area contributed by atoms with Gasteiger partial charge in [0.15, 0.2) is 11.3 Å². The highest BCUT2D eigenvalue weighted by molar-refractivity contribution is 9.10. The molecule has 2 aromatic rings. The number of amides is 1. The van der Waals surface area contributed by atoms with Gasteiger partial charge in [-0.3, -0.25) is 15.1 Å². The van der Waals surface area contributed by atoms with Crippen molar-refractivity contribution in [3.8, 4) is 5.75 Å². The van der Waals surface area contributed by atoms with Gasteiger partial charge in [0.1, 0.15) is 18.1 Å². The third kappa shape index (κ3) is 3.45. The topological polar surface area (TPSA) is 66.3 Å². The number of halogens is 1. The van der Waals surface area contributed by atoms with Crippen LogP contribution in [0.3, 0.4) is 0 Å². The van der Waals surface area contributed by atoms with E-state index in [9.17, 15) is 4.79 Å². The van der Waals surface area contributed by atoms with Crippen molar-refractivity contribution in [1.29, 1.82) is 0 Å². The fraction of sp³-hybridized carbons (Fsp3) is 0.150. The molecule has 8 heteroatoms. The quantitative estimate of drug-likeness (QED) is 0.717. The number of hydrogen-bond donors (Lipinski definition) is 1. The molecular formula is C20H17BrN4O2S. The lowest BCUT2D eigenvalue weighted by Crippen LogP contribution is -2.50. The van der Waals surface area contributed by atoms with Crippen molar-refractivity contribution < 1.29 is 9.53 Å². The van der Waals surface area contributed by atoms with E-state index < -0.39 is 6.17 Å². The highest BCUT2D eigenvalue weighted by Crippen LogP contribution is 2.31. The number of hydrazone groups is 1. The number of thioether (sulfide) groups is 1. The van der Waals surface area contributed by atoms with Crippen LogP contribution in [0.25, 0.3) is 5.70 Å². The van der Waals surface area contributed by atoms with E-state index >= 15 is 0 Å². The first kappa shape index (κ1) is 18.8. The van der Waals surface area contributed by atoms with Gasteiger partial charge in [-0.05, 0) is 42.2 Å². The van der Waals surface area contributed by atoms with E-state index in [4.69, 9.17) is 9.73 Å². The fourth-order valence-electron chi connectivity index (χ4n) is 3.05. The molecule has 2 aromatic carbocycles. The first-order valence-corrected chi connectivity index (χ1v) is 10.6. The molecule has 1 atom stereocenters. The van der Waals surface area contributed by atoms with E-state index in [1.54, 1.807) is 11.1 Å². The molecule has 6 nitrogen and oxygen atoms in total. The standard InChI is InChI=1S/C20H17BrN4O2S/c1-3-10-27-14-7-4-12(5-8-14)18-22-16-9-6-13(21)11-15(16)17-19(26)23-20(28-2)24-25(17)18/h3-9,11,18H,1,10H2,2H3,(H,23,24,26). The fourth-order valence-corrected chi connectivity index (χ4v) is 3.78. The molecule has 0 radical (unpaired) electrons. The molecule has 4 rings (SSSR count). The second kappa shape index (κ2) is 7.81. The summed E-state index contributed by atoms with van der Waals surface area (Å²) in [5.41, 5.74) is 1.40. The number of nitrogens with zero attached hydrogens (tertiary/aromatic N) is 3. The summed E-state index contributed by atoms with van der Waals surface area (Å²) in [7, 11) is 0. The van der Waals surface area contributed by atoms with E-state index in [-0.39, 0.29) is 5.91 Å². The molecule has 1 N–H and O–H groups in total. The smallest absolute Gasteiger partial charge is 0.276 e. The lowest BCUT2D eigenvalue weighted by molar-refractivity contribution is -0.116. The van der Waals surface area contributed by atoms with Gasteiger partial charge >= 0.3 is 0 Å². The van der Waals surface area contributed by atoms with Crippen LogP contribution in [-0.4, -0.2) is 28.9 Å². The zero-order chi connectivity index (χ0) is 19.7. The Labute approximate surface area is 174 Å². The predicted octanol–water partition coefficient (Wildman–Crippen LogP) is 2.52. The summed E-state index contributed by atoms with van der Waals surface area (Å²) in [6.45, 7) is 4.10. The van der Waals surface area contributed by atoms with Crippen LogP contribution in [-0.2, 0) is 4.79 Å². The Morgan fingerprint density at radius 2 is 2.11 bits per heavy atom. The zero-order valence-electron chi connectivity index (χ0n) is 15.1. The lowest BCUT2D eigenvalue weighted by atomic mass is 10.1. The number of ether oxygens (including phenoxy) is 1. The second-order valence-corrected chi connectivity index (χ2v) is 7.80. The van der Waals surface area contributed by atoms with Gasteiger partial charge in [-0.15, -0.1) is 5.10 Å². The van der Waals surface area contributed by atoms with Gasteiger partial charge in [-0.1, -0.05) is 52.5 Å². The Hall–Kier alpha value is -2.58. The van der Waals surface area contributed by atoms with E-state index in [1.807, 2.05) is 48.7 Å². The molecule has 0 bridgehead atoms. The highest BCUT2D eigenvalue weighted by atomic mass is 79.9. The summed E-state index contributed by atoms with van der Waals surface area (Å²) in [6.07, 6.45) is 3.13. The largest absolute Gasteiger partial charge is 0.490 e. The molecule has 0 fully saturated rings. The van der Waals surface area contributed by atoms with Gasteiger partial charge in [0.25, 0.3) is 5.91 Å². The molecule has 1 amide bonds. The Morgan fingerprint density at radius 3 is 2.82 bits per heavy atom. The molecule has 0 aliphatic carbocycles. The van der Waals surface area contributed by atoms with Crippen molar-refractivity contribution in [1.82, 2.24) is 10.3 Å². The molecule has 0 spiro atoms. The summed E-state index contributed by atoms with van der Waals surface area (Å²) >= 11 is 4.86. The summed E-state index contributed by atoms with van der Waals surface area (Å²) in [4.78, 5) is 17.7. The minimum absolute atomic E-state index is 0.190. The zero-order valence-corrected chi connectivity index (χ0v) is 17.5. The van der Waals surface area contributed by atoms with Crippen molar-refractivity contribution in [2.75, 3.05) is 12.9 Å². The van der Waals surface area contributed by atoms with Gasteiger partial charge in [-0.2, -0.15) is 0 Å². The van der Waals surface area contributed by atoms with Crippen LogP contribution >= 0.6 is 27.7 Å². The molecule has 2 aliphatic rings. The van der Waals surface area contributed by atoms with Gasteiger partial charge in [0, 0.05) is 9.69 Å². The van der Waals surface area contributed by atoms with Crippen molar-refractivity contribution in [3.05, 3.63) is 75.7 Å². The van der Waals surface area contributed by atoms with Gasteiger partial charge in [0.2, 0.25) is 0 Å². The maximum atomic E-state index is 12.9. The molecule has 2 aliphatic heterocycles. The second-order valence-electron chi connectivity index (χ2n) is 6.09. The SMILES string of the molecule is C=CCOc1ccc(C2N=c3ccc(Br)cc3=C3C(=O)NC(SC)=NN32)cc1. The number of amidine groups is 1. The summed E-state index contributed by atoms with van der Waals surface area (Å²) in [5, 5.41) is 11.2. The highest BCUT2D eigenvalue weighted by Gasteiger charge is 2.34. The van der Waals surface area contributed by atoms with Crippen LogP contribution in [0.4, 0.5) is 0 Å². The van der Waals surface area contributed by atoms with Gasteiger partial charge in [-0.25, -0.2) is 5.01 Å². The van der Waals surface area contributed by atoms with Crippen molar-refractivity contribution in [3.63, 3.8) is 0 Å². The van der Waals surface area contributed by atoms with Crippen molar-refractivity contribution in [2.45, 2.75) is 6.17 Å². The minimum atomic E-state index is -0.440. The molecule has 1 unspecified atom stereocenters. The van der Waals surface area contributed by atoms with E-state index in [0.29, 0.717) is 17.5 Å². The predicted molar refractivity (Wildman–Crippen MR) is 114 cm³/mol. The Bertz CT molecular complexity index is 1100. The van der Waals surface area contributed by atoms with E-state index in [2.05, 4.69) is 32.9 Å². The molecule has 0 aromatic heterocycles. The number of fused-ring (bicyclic) bond motifs is 2. The van der Waals surface area contributed by atoms with E-state index in [1.165, 1.54) is 11.8 Å². The average molecular weight is 457 g/mol. The molecular weight excluding hydrogens is 440 g/mol. The molecule has 142 valence electrons. The summed E-state index contributed by atoms with van der Waals surface area (Å²) in [5.74, 6) is 0.558. The lowest BCUT2D eigenvalue weighted by Gasteiger charge is -2.34.